The molecular weight excluding hydrogens is 464 g/mol. The van der Waals surface area contributed by atoms with Crippen molar-refractivity contribution in [3.05, 3.63) is 120 Å². The van der Waals surface area contributed by atoms with Crippen LogP contribution >= 0.6 is 0 Å². The van der Waals surface area contributed by atoms with Crippen LogP contribution in [0.2, 0.25) is 0 Å². The summed E-state index contributed by atoms with van der Waals surface area (Å²) < 4.78 is 8.63. The highest BCUT2D eigenvalue weighted by Crippen LogP contribution is 2.36. The van der Waals surface area contributed by atoms with Crippen LogP contribution in [0.3, 0.4) is 0 Å². The second-order valence-electron chi connectivity index (χ2n) is 10.4. The third kappa shape index (κ3) is 3.62. The molecule has 2 heterocycles. The minimum Gasteiger partial charge on any atom is -0.436 e. The molecule has 0 saturated carbocycles. The van der Waals surface area contributed by atoms with E-state index in [1.54, 1.807) is 0 Å². The molecule has 7 aromatic rings. The van der Waals surface area contributed by atoms with Gasteiger partial charge in [0.2, 0.25) is 5.89 Å². The average Bonchev–Trinajstić information content (AvgIpc) is 3.52. The van der Waals surface area contributed by atoms with Gasteiger partial charge in [0.15, 0.2) is 5.58 Å². The average molecular weight is 493 g/mol. The molecule has 3 nitrogen and oxygen atoms in total. The standard InChI is InChI=1S/C35H28N2O/c1-22(2)29-19-23(3)20-31-34(29)38-35(36-31)25-15-13-24(14-16-25)26-17-18-33-30(21-26)28-11-7-8-12-32(28)37(33)27-9-5-4-6-10-27/h4-22H,1-3H3. The van der Waals surface area contributed by atoms with Gasteiger partial charge in [-0.2, -0.15) is 0 Å². The van der Waals surface area contributed by atoms with Crippen LogP contribution in [0.1, 0.15) is 30.9 Å². The molecule has 0 fully saturated rings. The van der Waals surface area contributed by atoms with Crippen LogP contribution in [0.4, 0.5) is 0 Å². The minimum atomic E-state index is 0.378. The quantitative estimate of drug-likeness (QED) is 0.245. The molecule has 184 valence electrons. The van der Waals surface area contributed by atoms with Crippen molar-refractivity contribution < 1.29 is 4.42 Å². The number of hydrogen-bond donors (Lipinski definition) is 0. The number of nitrogens with zero attached hydrogens (tertiary/aromatic N) is 2. The van der Waals surface area contributed by atoms with Crippen LogP contribution < -0.4 is 0 Å². The fraction of sp³-hybridized carbons (Fsp3) is 0.114. The number of oxazole rings is 1. The largest absolute Gasteiger partial charge is 0.436 e. The molecule has 0 amide bonds. The van der Waals surface area contributed by atoms with E-state index in [0.717, 1.165) is 16.7 Å². The van der Waals surface area contributed by atoms with E-state index >= 15 is 0 Å². The number of aromatic nitrogens is 2. The molecule has 0 unspecified atom stereocenters. The maximum absolute atomic E-state index is 6.28. The maximum atomic E-state index is 6.28. The van der Waals surface area contributed by atoms with Gasteiger partial charge in [-0.1, -0.05) is 74.5 Å². The van der Waals surface area contributed by atoms with E-state index in [-0.39, 0.29) is 0 Å². The van der Waals surface area contributed by atoms with Crippen LogP contribution in [-0.4, -0.2) is 9.55 Å². The first-order valence-electron chi connectivity index (χ1n) is 13.2. The lowest BCUT2D eigenvalue weighted by Crippen LogP contribution is -1.92. The summed E-state index contributed by atoms with van der Waals surface area (Å²) in [5, 5.41) is 2.51. The molecule has 5 aromatic carbocycles. The monoisotopic (exact) mass is 492 g/mol. The van der Waals surface area contributed by atoms with Gasteiger partial charge in [0.1, 0.15) is 5.52 Å². The molecule has 0 atom stereocenters. The molecule has 3 heteroatoms. The number of para-hydroxylation sites is 2. The Morgan fingerprint density at radius 2 is 1.34 bits per heavy atom. The summed E-state index contributed by atoms with van der Waals surface area (Å²) in [5.41, 5.74) is 11.2. The van der Waals surface area contributed by atoms with Crippen LogP contribution in [0, 0.1) is 6.92 Å². The molecule has 0 aliphatic carbocycles. The summed E-state index contributed by atoms with van der Waals surface area (Å²) in [6, 6.07) is 38.8. The van der Waals surface area contributed by atoms with Crippen molar-refractivity contribution in [3.8, 4) is 28.3 Å². The molecule has 0 radical (unpaired) electrons. The number of aryl methyl sites for hydroxylation is 1. The zero-order valence-corrected chi connectivity index (χ0v) is 21.8. The van der Waals surface area contributed by atoms with Gasteiger partial charge in [0.05, 0.1) is 11.0 Å². The first-order valence-corrected chi connectivity index (χ1v) is 13.2. The SMILES string of the molecule is Cc1cc(C(C)C)c2oc(-c3ccc(-c4ccc5c(c4)c4ccccc4n5-c4ccccc4)cc3)nc2c1. The van der Waals surface area contributed by atoms with Crippen molar-refractivity contribution in [2.24, 2.45) is 0 Å². The van der Waals surface area contributed by atoms with Gasteiger partial charge in [-0.25, -0.2) is 4.98 Å². The van der Waals surface area contributed by atoms with E-state index in [0.29, 0.717) is 11.8 Å². The normalized spacial score (nSPS) is 11.8. The van der Waals surface area contributed by atoms with Crippen molar-refractivity contribution in [3.63, 3.8) is 0 Å². The Morgan fingerprint density at radius 1 is 0.658 bits per heavy atom. The number of fused-ring (bicyclic) bond motifs is 4. The van der Waals surface area contributed by atoms with Crippen molar-refractivity contribution in [1.29, 1.82) is 0 Å². The van der Waals surface area contributed by atoms with Crippen molar-refractivity contribution in [2.75, 3.05) is 0 Å². The van der Waals surface area contributed by atoms with Crippen molar-refractivity contribution in [1.82, 2.24) is 9.55 Å². The van der Waals surface area contributed by atoms with E-state index in [9.17, 15) is 0 Å². The van der Waals surface area contributed by atoms with E-state index in [2.05, 4.69) is 135 Å². The predicted molar refractivity (Wildman–Crippen MR) is 158 cm³/mol. The van der Waals surface area contributed by atoms with E-state index in [1.165, 1.54) is 49.7 Å². The van der Waals surface area contributed by atoms with Crippen molar-refractivity contribution in [2.45, 2.75) is 26.7 Å². The molecule has 0 aliphatic heterocycles. The molecule has 0 saturated heterocycles. The summed E-state index contributed by atoms with van der Waals surface area (Å²) in [4.78, 5) is 4.83. The van der Waals surface area contributed by atoms with Gasteiger partial charge in [0.25, 0.3) is 0 Å². The zero-order chi connectivity index (χ0) is 25.8. The third-order valence-electron chi connectivity index (χ3n) is 7.44. The Morgan fingerprint density at radius 3 is 2.13 bits per heavy atom. The minimum absolute atomic E-state index is 0.378. The topological polar surface area (TPSA) is 31.0 Å². The van der Waals surface area contributed by atoms with Crippen LogP contribution in [-0.2, 0) is 0 Å². The van der Waals surface area contributed by atoms with Crippen LogP contribution in [0.15, 0.2) is 114 Å². The zero-order valence-electron chi connectivity index (χ0n) is 21.8. The first-order chi connectivity index (χ1) is 18.6. The van der Waals surface area contributed by atoms with Gasteiger partial charge in [0, 0.05) is 22.0 Å². The fourth-order valence-electron chi connectivity index (χ4n) is 5.57. The summed E-state index contributed by atoms with van der Waals surface area (Å²) in [7, 11) is 0. The summed E-state index contributed by atoms with van der Waals surface area (Å²) in [6.07, 6.45) is 0. The molecule has 0 N–H and O–H groups in total. The molecule has 0 spiro atoms. The van der Waals surface area contributed by atoms with Gasteiger partial charge >= 0.3 is 0 Å². The Labute approximate surface area is 222 Å². The Bertz CT molecular complexity index is 1940. The summed E-state index contributed by atoms with van der Waals surface area (Å²) in [5.74, 6) is 1.05. The molecule has 0 aliphatic rings. The van der Waals surface area contributed by atoms with E-state index in [4.69, 9.17) is 9.40 Å². The third-order valence-corrected chi connectivity index (χ3v) is 7.44. The maximum Gasteiger partial charge on any atom is 0.227 e. The van der Waals surface area contributed by atoms with Crippen LogP contribution in [0.25, 0.3) is 61.2 Å². The number of hydrogen-bond acceptors (Lipinski definition) is 2. The second kappa shape index (κ2) is 8.74. The van der Waals surface area contributed by atoms with Crippen molar-refractivity contribution >= 4 is 32.9 Å². The highest BCUT2D eigenvalue weighted by Gasteiger charge is 2.16. The Kier molecular flexibility index (Phi) is 5.19. The predicted octanol–water partition coefficient (Wildman–Crippen LogP) is 9.69. The lowest BCUT2D eigenvalue weighted by Gasteiger charge is -2.08. The lowest BCUT2D eigenvalue weighted by molar-refractivity contribution is 0.611. The van der Waals surface area contributed by atoms with Gasteiger partial charge in [-0.05, 0) is 83.6 Å². The smallest absolute Gasteiger partial charge is 0.227 e. The van der Waals surface area contributed by atoms with E-state index in [1.807, 2.05) is 0 Å². The summed E-state index contributed by atoms with van der Waals surface area (Å²) in [6.45, 7) is 6.50. The Hall–Kier alpha value is -4.63. The molecule has 38 heavy (non-hydrogen) atoms. The highest BCUT2D eigenvalue weighted by atomic mass is 16.3. The highest BCUT2D eigenvalue weighted by molar-refractivity contribution is 6.10. The van der Waals surface area contributed by atoms with Gasteiger partial charge in [-0.3, -0.25) is 0 Å². The van der Waals surface area contributed by atoms with E-state index < -0.39 is 0 Å². The first kappa shape index (κ1) is 22.6. The number of benzene rings is 5. The molecular formula is C35H28N2O. The lowest BCUT2D eigenvalue weighted by atomic mass is 10.00. The van der Waals surface area contributed by atoms with Gasteiger partial charge < -0.3 is 8.98 Å². The van der Waals surface area contributed by atoms with Crippen LogP contribution in [0.5, 0.6) is 0 Å². The molecule has 2 aromatic heterocycles. The van der Waals surface area contributed by atoms with Gasteiger partial charge in [-0.15, -0.1) is 0 Å². The molecule has 7 rings (SSSR count). The molecule has 0 bridgehead atoms. The fourth-order valence-corrected chi connectivity index (χ4v) is 5.57. The Balaban J connectivity index is 1.30. The second-order valence-corrected chi connectivity index (χ2v) is 10.4. The summed E-state index contributed by atoms with van der Waals surface area (Å²) >= 11 is 0. The number of rotatable bonds is 4.